The molecule has 2 aromatic rings. The van der Waals surface area contributed by atoms with E-state index in [2.05, 4.69) is 4.40 Å². The number of sulfonamides is 1. The van der Waals surface area contributed by atoms with Crippen LogP contribution in [0, 0.1) is 0 Å². The van der Waals surface area contributed by atoms with E-state index in [-0.39, 0.29) is 0 Å². The van der Waals surface area contributed by atoms with Crippen molar-refractivity contribution in [3.63, 3.8) is 0 Å². The third-order valence-corrected chi connectivity index (χ3v) is 4.66. The fourth-order valence-corrected chi connectivity index (χ4v) is 3.99. The molecule has 1 aliphatic heterocycles. The Bertz CT molecular complexity index is 772. The van der Waals surface area contributed by atoms with Gasteiger partial charge in [-0.15, -0.1) is 0 Å². The minimum Gasteiger partial charge on any atom is -0.199 e. The zero-order valence-electron chi connectivity index (χ0n) is 8.12. The lowest BCUT2D eigenvalue weighted by atomic mass is 10.2. The first-order valence-electron chi connectivity index (χ1n) is 4.65. The molecular formula is C11H7NO2S2. The Hall–Kier alpha value is -1.46. The number of benzene rings is 1. The third kappa shape index (κ3) is 1.40. The summed E-state index contributed by atoms with van der Waals surface area (Å²) in [5.41, 5.74) is 0.721. The Kier molecular flexibility index (Phi) is 1.99. The Balaban J connectivity index is 2.56. The molecule has 0 bridgehead atoms. The van der Waals surface area contributed by atoms with Gasteiger partial charge < -0.3 is 0 Å². The summed E-state index contributed by atoms with van der Waals surface area (Å²) in [7, 11) is -3.54. The van der Waals surface area contributed by atoms with Gasteiger partial charge in [-0.3, -0.25) is 0 Å². The number of thiophene rings is 1. The number of rotatable bonds is 0. The zero-order chi connectivity index (χ0) is 11.2. The molecule has 0 saturated heterocycles. The van der Waals surface area contributed by atoms with Gasteiger partial charge >= 0.3 is 0 Å². The maximum absolute atomic E-state index is 11.9. The Morgan fingerprint density at radius 3 is 2.81 bits per heavy atom. The maximum Gasteiger partial charge on any atom is 0.284 e. The second kappa shape index (κ2) is 3.26. The molecule has 0 aliphatic carbocycles. The van der Waals surface area contributed by atoms with Crippen LogP contribution in [0.15, 0.2) is 44.3 Å². The number of hydrogen-bond donors (Lipinski definition) is 0. The first-order chi connectivity index (χ1) is 7.67. The molecule has 0 spiro atoms. The molecule has 3 rings (SSSR count). The van der Waals surface area contributed by atoms with Crippen LogP contribution in [0.2, 0.25) is 0 Å². The highest BCUT2D eigenvalue weighted by molar-refractivity contribution is 7.90. The van der Waals surface area contributed by atoms with E-state index < -0.39 is 10.0 Å². The van der Waals surface area contributed by atoms with E-state index in [1.807, 2.05) is 23.6 Å². The van der Waals surface area contributed by atoms with E-state index >= 15 is 0 Å². The number of nitrogens with zero attached hydrogens (tertiary/aromatic N) is 1. The molecule has 0 N–H and O–H groups in total. The molecule has 0 radical (unpaired) electrons. The monoisotopic (exact) mass is 249 g/mol. The fraction of sp³-hybridized carbons (Fsp3) is 0. The predicted octanol–water partition coefficient (Wildman–Crippen LogP) is 0.899. The van der Waals surface area contributed by atoms with Gasteiger partial charge in [0.15, 0.2) is 0 Å². The summed E-state index contributed by atoms with van der Waals surface area (Å²) in [6, 6.07) is 7.22. The highest BCUT2D eigenvalue weighted by atomic mass is 32.2. The lowest BCUT2D eigenvalue weighted by molar-refractivity contribution is 0.597. The first kappa shape index (κ1) is 9.74. The lowest BCUT2D eigenvalue weighted by Gasteiger charge is -1.93. The second-order valence-electron chi connectivity index (χ2n) is 3.46. The molecule has 3 nitrogen and oxygen atoms in total. The van der Waals surface area contributed by atoms with Gasteiger partial charge in [-0.05, 0) is 17.5 Å². The van der Waals surface area contributed by atoms with Gasteiger partial charge in [0.25, 0.3) is 10.0 Å². The van der Waals surface area contributed by atoms with Crippen LogP contribution in [0.4, 0.5) is 0 Å². The van der Waals surface area contributed by atoms with Crippen LogP contribution in [-0.4, -0.2) is 8.42 Å². The van der Waals surface area contributed by atoms with Crippen molar-refractivity contribution in [2.75, 3.05) is 0 Å². The van der Waals surface area contributed by atoms with Gasteiger partial charge in [-0.25, -0.2) is 0 Å². The average molecular weight is 249 g/mol. The van der Waals surface area contributed by atoms with Gasteiger partial charge in [0, 0.05) is 16.2 Å². The molecule has 16 heavy (non-hydrogen) atoms. The summed E-state index contributed by atoms with van der Waals surface area (Å²) in [5.74, 6) is 0. The smallest absolute Gasteiger partial charge is 0.199 e. The van der Waals surface area contributed by atoms with Crippen molar-refractivity contribution in [3.8, 4) is 0 Å². The van der Waals surface area contributed by atoms with E-state index in [0.717, 1.165) is 10.8 Å². The molecule has 2 heterocycles. The minimum atomic E-state index is -3.54. The Labute approximate surface area is 96.5 Å². The van der Waals surface area contributed by atoms with Crippen LogP contribution in [0.1, 0.15) is 5.56 Å². The second-order valence-corrected chi connectivity index (χ2v) is 5.78. The largest absolute Gasteiger partial charge is 0.284 e. The van der Waals surface area contributed by atoms with Crippen molar-refractivity contribution in [3.05, 3.63) is 51.2 Å². The number of fused-ring (bicyclic) bond motifs is 2. The van der Waals surface area contributed by atoms with Crippen molar-refractivity contribution in [2.45, 2.75) is 4.90 Å². The fourth-order valence-electron chi connectivity index (χ4n) is 1.65. The lowest BCUT2D eigenvalue weighted by Crippen LogP contribution is -2.24. The van der Waals surface area contributed by atoms with E-state index in [4.69, 9.17) is 0 Å². The summed E-state index contributed by atoms with van der Waals surface area (Å²) in [4.78, 5) is 0.300. The molecule has 0 amide bonds. The van der Waals surface area contributed by atoms with Crippen LogP contribution in [0.25, 0.3) is 6.08 Å². The number of hydrogen-bond acceptors (Lipinski definition) is 3. The predicted molar refractivity (Wildman–Crippen MR) is 62.3 cm³/mol. The quantitative estimate of drug-likeness (QED) is 0.696. The van der Waals surface area contributed by atoms with E-state index in [9.17, 15) is 8.42 Å². The van der Waals surface area contributed by atoms with Gasteiger partial charge in [0.05, 0.1) is 5.36 Å². The van der Waals surface area contributed by atoms with Crippen molar-refractivity contribution < 1.29 is 8.42 Å². The highest BCUT2D eigenvalue weighted by Gasteiger charge is 2.19. The van der Waals surface area contributed by atoms with Gasteiger partial charge in [-0.1, -0.05) is 18.2 Å². The minimum absolute atomic E-state index is 0.300. The summed E-state index contributed by atoms with van der Waals surface area (Å²) < 4.78 is 27.7. The molecule has 5 heteroatoms. The molecule has 1 aromatic heterocycles. The summed E-state index contributed by atoms with van der Waals surface area (Å²) in [6.07, 6.45) is 1.86. The van der Waals surface area contributed by atoms with Crippen molar-refractivity contribution in [1.29, 1.82) is 0 Å². The van der Waals surface area contributed by atoms with Crippen molar-refractivity contribution >= 4 is 27.4 Å². The van der Waals surface area contributed by atoms with Gasteiger partial charge in [0.2, 0.25) is 0 Å². The van der Waals surface area contributed by atoms with E-state index in [1.165, 1.54) is 11.3 Å². The molecule has 0 saturated carbocycles. The Morgan fingerprint density at radius 2 is 1.94 bits per heavy atom. The van der Waals surface area contributed by atoms with Gasteiger partial charge in [0.1, 0.15) is 4.90 Å². The maximum atomic E-state index is 11.9. The van der Waals surface area contributed by atoms with Crippen LogP contribution >= 0.6 is 11.3 Å². The summed E-state index contributed by atoms with van der Waals surface area (Å²) in [5, 5.41) is 4.79. The van der Waals surface area contributed by atoms with Crippen LogP contribution < -0.4 is 10.6 Å². The summed E-state index contributed by atoms with van der Waals surface area (Å²) in [6.45, 7) is 0. The molecule has 0 fully saturated rings. The highest BCUT2D eigenvalue weighted by Crippen LogP contribution is 2.23. The zero-order valence-corrected chi connectivity index (χ0v) is 9.75. The van der Waals surface area contributed by atoms with Crippen molar-refractivity contribution in [2.24, 2.45) is 4.40 Å². The first-order valence-corrected chi connectivity index (χ1v) is 7.03. The molecule has 0 unspecified atom stereocenters. The van der Waals surface area contributed by atoms with Crippen LogP contribution in [0.5, 0.6) is 0 Å². The van der Waals surface area contributed by atoms with E-state index in [0.29, 0.717) is 10.3 Å². The third-order valence-electron chi connectivity index (χ3n) is 2.40. The van der Waals surface area contributed by atoms with E-state index in [1.54, 1.807) is 17.5 Å². The molecule has 1 aromatic carbocycles. The molecule has 1 aliphatic rings. The molecule has 0 atom stereocenters. The summed E-state index contributed by atoms with van der Waals surface area (Å²) >= 11 is 1.37. The molecular weight excluding hydrogens is 242 g/mol. The standard InChI is InChI=1S/C11H7NO2S2/c13-16(14)11-7-15-6-9(11)5-8-3-1-2-4-10(8)12-16/h1-7H. The van der Waals surface area contributed by atoms with Gasteiger partial charge in [-0.2, -0.15) is 24.2 Å². The Morgan fingerprint density at radius 1 is 1.12 bits per heavy atom. The SMILES string of the molecule is O=S1(=O)N=c2ccccc2=Cc2cscc21. The average Bonchev–Trinajstić information content (AvgIpc) is 2.66. The van der Waals surface area contributed by atoms with Crippen molar-refractivity contribution in [1.82, 2.24) is 0 Å². The van der Waals surface area contributed by atoms with Crippen LogP contribution in [-0.2, 0) is 10.0 Å². The topological polar surface area (TPSA) is 46.5 Å². The normalized spacial score (nSPS) is 16.2. The van der Waals surface area contributed by atoms with Crippen LogP contribution in [0.3, 0.4) is 0 Å². The molecule has 80 valence electrons.